The number of aliphatic hydroxyl groups excluding tert-OH is 1. The molecule has 0 spiro atoms. The third-order valence-electron chi connectivity index (χ3n) is 3.26. The number of nitrogens with one attached hydrogen (secondary N) is 1. The summed E-state index contributed by atoms with van der Waals surface area (Å²) in [5.41, 5.74) is 1.45. The number of amides is 1. The molecule has 5 heteroatoms. The van der Waals surface area contributed by atoms with Crippen molar-refractivity contribution in [2.75, 3.05) is 6.61 Å². The lowest BCUT2D eigenvalue weighted by molar-refractivity contribution is -0.117. The number of hydrogen-bond donors (Lipinski definition) is 2. The fourth-order valence-corrected chi connectivity index (χ4v) is 2.05. The molecule has 0 aliphatic carbocycles. The van der Waals surface area contributed by atoms with Crippen LogP contribution in [0.4, 0.5) is 0 Å². The Labute approximate surface area is 123 Å². The highest BCUT2D eigenvalue weighted by atomic mass is 16.3. The van der Waals surface area contributed by atoms with Crippen LogP contribution in [-0.4, -0.2) is 28.6 Å². The molecule has 0 saturated heterocycles. The first-order chi connectivity index (χ1) is 10.1. The molecule has 0 bridgehead atoms. The van der Waals surface area contributed by atoms with E-state index in [2.05, 4.69) is 10.3 Å². The molecular formula is C16H20N2O3. The zero-order valence-corrected chi connectivity index (χ0v) is 12.2. The van der Waals surface area contributed by atoms with Gasteiger partial charge < -0.3 is 14.8 Å². The van der Waals surface area contributed by atoms with Crippen molar-refractivity contribution < 1.29 is 14.3 Å². The Morgan fingerprint density at radius 3 is 2.86 bits per heavy atom. The molecule has 0 aliphatic heterocycles. The van der Waals surface area contributed by atoms with E-state index in [1.165, 1.54) is 6.08 Å². The summed E-state index contributed by atoms with van der Waals surface area (Å²) in [4.78, 5) is 16.1. The molecule has 1 aromatic heterocycles. The second kappa shape index (κ2) is 7.04. The Hall–Kier alpha value is -2.14. The average molecular weight is 288 g/mol. The van der Waals surface area contributed by atoms with E-state index >= 15 is 0 Å². The van der Waals surface area contributed by atoms with Gasteiger partial charge >= 0.3 is 0 Å². The van der Waals surface area contributed by atoms with Crippen molar-refractivity contribution in [2.24, 2.45) is 5.92 Å². The zero-order valence-electron chi connectivity index (χ0n) is 12.2. The fourth-order valence-electron chi connectivity index (χ4n) is 2.05. The molecule has 0 radical (unpaired) electrons. The van der Waals surface area contributed by atoms with Gasteiger partial charge in [0.25, 0.3) is 0 Å². The number of oxazole rings is 1. The van der Waals surface area contributed by atoms with E-state index in [-0.39, 0.29) is 24.5 Å². The molecule has 1 atom stereocenters. The molecule has 21 heavy (non-hydrogen) atoms. The molecule has 1 heterocycles. The Kier molecular flexibility index (Phi) is 5.11. The van der Waals surface area contributed by atoms with Crippen LogP contribution in [0.15, 0.2) is 34.8 Å². The highest BCUT2D eigenvalue weighted by molar-refractivity contribution is 5.91. The highest BCUT2D eigenvalue weighted by Gasteiger charge is 2.14. The fraction of sp³-hybridized carbons (Fsp3) is 0.375. The van der Waals surface area contributed by atoms with Crippen LogP contribution in [0.25, 0.3) is 17.2 Å². The molecule has 0 aliphatic rings. The van der Waals surface area contributed by atoms with Crippen molar-refractivity contribution in [2.45, 2.75) is 26.3 Å². The van der Waals surface area contributed by atoms with Gasteiger partial charge in [-0.3, -0.25) is 4.79 Å². The number of nitrogens with zero attached hydrogens (tertiary/aromatic N) is 1. The van der Waals surface area contributed by atoms with Gasteiger partial charge in [-0.2, -0.15) is 0 Å². The summed E-state index contributed by atoms with van der Waals surface area (Å²) in [6.45, 7) is 4.06. The normalized spacial score (nSPS) is 13.1. The molecule has 0 fully saturated rings. The maximum Gasteiger partial charge on any atom is 0.244 e. The van der Waals surface area contributed by atoms with E-state index in [1.807, 2.05) is 38.1 Å². The monoisotopic (exact) mass is 288 g/mol. The van der Waals surface area contributed by atoms with E-state index < -0.39 is 0 Å². The quantitative estimate of drug-likeness (QED) is 0.800. The summed E-state index contributed by atoms with van der Waals surface area (Å²) in [5.74, 6) is 0.442. The van der Waals surface area contributed by atoms with Gasteiger partial charge in [0.05, 0.1) is 0 Å². The summed E-state index contributed by atoms with van der Waals surface area (Å²) in [6.07, 6.45) is 3.49. The summed E-state index contributed by atoms with van der Waals surface area (Å²) in [7, 11) is 0. The third kappa shape index (κ3) is 4.16. The number of fused-ring (bicyclic) bond motifs is 1. The third-order valence-corrected chi connectivity index (χ3v) is 3.26. The number of carbonyl (C=O) groups excluding carboxylic acids is 1. The molecular weight excluding hydrogens is 268 g/mol. The number of carbonyl (C=O) groups is 1. The van der Waals surface area contributed by atoms with Gasteiger partial charge in [0, 0.05) is 24.8 Å². The topological polar surface area (TPSA) is 75.4 Å². The van der Waals surface area contributed by atoms with E-state index in [1.54, 1.807) is 6.08 Å². The zero-order chi connectivity index (χ0) is 15.2. The largest absolute Gasteiger partial charge is 0.437 e. The standard InChI is InChI=1S/C16H20N2O3/c1-11(2)12(9-10-19)17-15(20)7-8-16-18-13-5-3-4-6-14(13)21-16/h3-8,11-12,19H,9-10H2,1-2H3,(H,17,20)/b8-7+. The van der Waals surface area contributed by atoms with Crippen LogP contribution in [0.1, 0.15) is 26.2 Å². The van der Waals surface area contributed by atoms with Crippen LogP contribution in [0.2, 0.25) is 0 Å². The second-order valence-electron chi connectivity index (χ2n) is 5.22. The van der Waals surface area contributed by atoms with E-state index in [0.29, 0.717) is 17.9 Å². The minimum absolute atomic E-state index is 0.0456. The summed E-state index contributed by atoms with van der Waals surface area (Å²) < 4.78 is 5.50. The maximum atomic E-state index is 11.9. The molecule has 112 valence electrons. The second-order valence-corrected chi connectivity index (χ2v) is 5.22. The Morgan fingerprint density at radius 2 is 2.19 bits per heavy atom. The SMILES string of the molecule is CC(C)C(CCO)NC(=O)/C=C/c1nc2ccccc2o1. The van der Waals surface area contributed by atoms with Crippen LogP contribution >= 0.6 is 0 Å². The van der Waals surface area contributed by atoms with Crippen molar-refractivity contribution in [3.05, 3.63) is 36.2 Å². The first-order valence-electron chi connectivity index (χ1n) is 7.05. The molecule has 2 rings (SSSR count). The molecule has 2 aromatic rings. The van der Waals surface area contributed by atoms with Crippen molar-refractivity contribution in [3.8, 4) is 0 Å². The number of hydrogen-bond acceptors (Lipinski definition) is 4. The predicted molar refractivity (Wildman–Crippen MR) is 81.5 cm³/mol. The Balaban J connectivity index is 2.01. The Morgan fingerprint density at radius 1 is 1.43 bits per heavy atom. The lowest BCUT2D eigenvalue weighted by Gasteiger charge is -2.20. The Bertz CT molecular complexity index is 598. The van der Waals surface area contributed by atoms with Crippen molar-refractivity contribution in [1.82, 2.24) is 10.3 Å². The maximum absolute atomic E-state index is 11.9. The summed E-state index contributed by atoms with van der Waals surface area (Å²) in [6, 6.07) is 7.39. The summed E-state index contributed by atoms with van der Waals surface area (Å²) >= 11 is 0. The number of benzene rings is 1. The van der Waals surface area contributed by atoms with Gasteiger partial charge in [-0.05, 0) is 24.5 Å². The predicted octanol–water partition coefficient (Wildman–Crippen LogP) is 2.36. The minimum Gasteiger partial charge on any atom is -0.437 e. The average Bonchev–Trinajstić information content (AvgIpc) is 2.87. The lowest BCUT2D eigenvalue weighted by atomic mass is 10.0. The van der Waals surface area contributed by atoms with Crippen LogP contribution in [0.3, 0.4) is 0 Å². The number of rotatable bonds is 6. The van der Waals surface area contributed by atoms with E-state index in [0.717, 1.165) is 5.52 Å². The van der Waals surface area contributed by atoms with Crippen molar-refractivity contribution in [1.29, 1.82) is 0 Å². The van der Waals surface area contributed by atoms with Gasteiger partial charge in [-0.1, -0.05) is 26.0 Å². The van der Waals surface area contributed by atoms with Gasteiger partial charge in [-0.15, -0.1) is 0 Å². The molecule has 1 amide bonds. The lowest BCUT2D eigenvalue weighted by Crippen LogP contribution is -2.38. The van der Waals surface area contributed by atoms with Crippen LogP contribution in [0, 0.1) is 5.92 Å². The van der Waals surface area contributed by atoms with Crippen LogP contribution < -0.4 is 5.32 Å². The number of aliphatic hydroxyl groups is 1. The van der Waals surface area contributed by atoms with Gasteiger partial charge in [0.15, 0.2) is 5.58 Å². The molecule has 1 unspecified atom stereocenters. The van der Waals surface area contributed by atoms with E-state index in [9.17, 15) is 4.79 Å². The number of aromatic nitrogens is 1. The smallest absolute Gasteiger partial charge is 0.244 e. The highest BCUT2D eigenvalue weighted by Crippen LogP contribution is 2.15. The number of para-hydroxylation sites is 2. The van der Waals surface area contributed by atoms with Crippen molar-refractivity contribution >= 4 is 23.1 Å². The van der Waals surface area contributed by atoms with Crippen LogP contribution in [0.5, 0.6) is 0 Å². The minimum atomic E-state index is -0.218. The van der Waals surface area contributed by atoms with Gasteiger partial charge in [0.1, 0.15) is 5.52 Å². The molecule has 1 aromatic carbocycles. The molecule has 2 N–H and O–H groups in total. The van der Waals surface area contributed by atoms with Crippen molar-refractivity contribution in [3.63, 3.8) is 0 Å². The molecule has 5 nitrogen and oxygen atoms in total. The molecule has 0 saturated carbocycles. The first kappa shape index (κ1) is 15.3. The first-order valence-corrected chi connectivity index (χ1v) is 7.05. The summed E-state index contributed by atoms with van der Waals surface area (Å²) in [5, 5.41) is 11.9. The van der Waals surface area contributed by atoms with Crippen LogP contribution in [-0.2, 0) is 4.79 Å². The van der Waals surface area contributed by atoms with Gasteiger partial charge in [0.2, 0.25) is 11.8 Å². The van der Waals surface area contributed by atoms with Gasteiger partial charge in [-0.25, -0.2) is 4.98 Å². The van der Waals surface area contributed by atoms with E-state index in [4.69, 9.17) is 9.52 Å².